The van der Waals surface area contributed by atoms with Crippen molar-refractivity contribution in [2.45, 2.75) is 71.4 Å². The lowest BCUT2D eigenvalue weighted by Crippen LogP contribution is -2.58. The fourth-order valence-corrected chi connectivity index (χ4v) is 6.88. The summed E-state index contributed by atoms with van der Waals surface area (Å²) in [6, 6.07) is 2.47. The number of fused-ring (bicyclic) bond motifs is 1. The van der Waals surface area contributed by atoms with Crippen LogP contribution in [0.15, 0.2) is 47.7 Å². The quantitative estimate of drug-likeness (QED) is 0.170. The molecule has 0 unspecified atom stereocenters. The van der Waals surface area contributed by atoms with Crippen molar-refractivity contribution >= 4 is 23.4 Å². The standard InChI is InChI=1S/C36H33ClF7N9O3/c1-17-29(37)30(47-18(2)46-17)22-6-7-23(38)28-21(22)8-9-51(33(28)56)26(10-19-13-45-52(14-19)34(40)41)31(54)48-35(3,4)16-53-25(12-27(49-53)36(42,43)44)20-11-24(39)32(55)50(5)15-20/h6-7,11-15,26,34H,8-10,16H2,1-5H3,(H,48,54)/t26-/m1/s1. The van der Waals surface area contributed by atoms with E-state index in [9.17, 15) is 40.7 Å². The predicted molar refractivity (Wildman–Crippen MR) is 188 cm³/mol. The molecule has 0 spiro atoms. The number of aryl methyl sites for hydroxylation is 3. The van der Waals surface area contributed by atoms with Crippen LogP contribution in [-0.2, 0) is 37.4 Å². The number of halogens is 8. The van der Waals surface area contributed by atoms with Gasteiger partial charge in [-0.3, -0.25) is 19.1 Å². The van der Waals surface area contributed by atoms with Gasteiger partial charge in [-0.15, -0.1) is 0 Å². The second kappa shape index (κ2) is 14.8. The zero-order valence-corrected chi connectivity index (χ0v) is 31.1. The second-order valence-electron chi connectivity index (χ2n) is 14.0. The van der Waals surface area contributed by atoms with Crippen molar-refractivity contribution < 1.29 is 40.3 Å². The molecule has 12 nitrogen and oxygen atoms in total. The van der Waals surface area contributed by atoms with E-state index < -0.39 is 65.6 Å². The molecule has 0 saturated carbocycles. The monoisotopic (exact) mass is 807 g/mol. The molecule has 4 aromatic heterocycles. The van der Waals surface area contributed by atoms with Crippen LogP contribution in [-0.4, -0.2) is 68.9 Å². The van der Waals surface area contributed by atoms with Gasteiger partial charge in [-0.2, -0.15) is 32.1 Å². The summed E-state index contributed by atoms with van der Waals surface area (Å²) in [4.78, 5) is 50.3. The molecule has 56 heavy (non-hydrogen) atoms. The molecule has 2 amide bonds. The summed E-state index contributed by atoms with van der Waals surface area (Å²) in [7, 11) is 1.22. The number of rotatable bonds is 10. The van der Waals surface area contributed by atoms with Crippen LogP contribution in [0.2, 0.25) is 5.02 Å². The number of hydrogen-bond acceptors (Lipinski definition) is 7. The first-order valence-electron chi connectivity index (χ1n) is 16.9. The Labute approximate surface area is 318 Å². The molecule has 6 rings (SSSR count). The summed E-state index contributed by atoms with van der Waals surface area (Å²) in [5.41, 5.74) is -3.00. The molecule has 1 aliphatic rings. The molecule has 20 heteroatoms. The molecule has 0 bridgehead atoms. The van der Waals surface area contributed by atoms with Gasteiger partial charge in [-0.25, -0.2) is 23.4 Å². The Morgan fingerprint density at radius 1 is 1.04 bits per heavy atom. The first-order valence-corrected chi connectivity index (χ1v) is 17.3. The van der Waals surface area contributed by atoms with Gasteiger partial charge >= 0.3 is 12.7 Å². The highest BCUT2D eigenvalue weighted by molar-refractivity contribution is 6.33. The summed E-state index contributed by atoms with van der Waals surface area (Å²) < 4.78 is 101. The zero-order chi connectivity index (χ0) is 41.0. The Morgan fingerprint density at radius 2 is 1.75 bits per heavy atom. The SMILES string of the molecule is Cc1nc(C)c(Cl)c(-c2ccc(F)c3c2CCN([C@H](Cc2cnn(C(F)F)c2)C(=O)NC(C)(C)Cn2nc(C(F)(F)F)cc2-c2cc(F)c(=O)n(C)c2)C3=O)n1. The molecule has 0 radical (unpaired) electrons. The number of pyridine rings is 1. The van der Waals surface area contributed by atoms with Crippen molar-refractivity contribution in [3.8, 4) is 22.5 Å². The largest absolute Gasteiger partial charge is 0.435 e. The molecule has 1 N–H and O–H groups in total. The summed E-state index contributed by atoms with van der Waals surface area (Å²) in [6.45, 7) is 2.59. The number of nitrogens with one attached hydrogen (secondary N) is 1. The summed E-state index contributed by atoms with van der Waals surface area (Å²) >= 11 is 6.54. The normalized spacial score (nSPS) is 14.0. The highest BCUT2D eigenvalue weighted by Gasteiger charge is 2.40. The number of carbonyl (C=O) groups excluding carboxylic acids is 2. The van der Waals surface area contributed by atoms with Crippen molar-refractivity contribution in [3.63, 3.8) is 0 Å². The minimum Gasteiger partial charge on any atom is -0.348 e. The highest BCUT2D eigenvalue weighted by Crippen LogP contribution is 2.37. The zero-order valence-electron chi connectivity index (χ0n) is 30.4. The number of carbonyl (C=O) groups is 2. The van der Waals surface area contributed by atoms with E-state index in [0.717, 1.165) is 44.9 Å². The molecule has 1 aromatic carbocycles. The fourth-order valence-electron chi connectivity index (χ4n) is 6.69. The van der Waals surface area contributed by atoms with Gasteiger partial charge in [0.1, 0.15) is 17.7 Å². The molecule has 5 aromatic rings. The van der Waals surface area contributed by atoms with Crippen LogP contribution in [0.3, 0.4) is 0 Å². The van der Waals surface area contributed by atoms with Crippen molar-refractivity contribution in [1.82, 2.24) is 44.3 Å². The first kappa shape index (κ1) is 40.1. The van der Waals surface area contributed by atoms with E-state index in [1.54, 1.807) is 13.8 Å². The lowest BCUT2D eigenvalue weighted by atomic mass is 9.90. The topological polar surface area (TPSA) is 133 Å². The van der Waals surface area contributed by atoms with Crippen LogP contribution >= 0.6 is 11.6 Å². The van der Waals surface area contributed by atoms with Gasteiger partial charge in [-0.05, 0) is 69.5 Å². The first-order chi connectivity index (χ1) is 26.1. The number of amides is 2. The molecule has 1 atom stereocenters. The smallest absolute Gasteiger partial charge is 0.348 e. The molecule has 296 valence electrons. The fraction of sp³-hybridized carbons (Fsp3) is 0.361. The Kier molecular flexibility index (Phi) is 10.6. The molecule has 0 aliphatic carbocycles. The van der Waals surface area contributed by atoms with E-state index in [2.05, 4.69) is 25.5 Å². The van der Waals surface area contributed by atoms with Crippen molar-refractivity contribution in [3.05, 3.63) is 104 Å². The van der Waals surface area contributed by atoms with Crippen LogP contribution < -0.4 is 10.9 Å². The number of hydrogen-bond donors (Lipinski definition) is 1. The number of alkyl halides is 5. The van der Waals surface area contributed by atoms with Gasteiger partial charge in [0.2, 0.25) is 5.91 Å². The van der Waals surface area contributed by atoms with Gasteiger partial charge < -0.3 is 14.8 Å². The Balaban J connectivity index is 1.36. The predicted octanol–water partition coefficient (Wildman–Crippen LogP) is 6.07. The van der Waals surface area contributed by atoms with Crippen LogP contribution in [0.1, 0.15) is 59.1 Å². The maximum atomic E-state index is 15.6. The van der Waals surface area contributed by atoms with Crippen LogP contribution in [0.4, 0.5) is 30.7 Å². The lowest BCUT2D eigenvalue weighted by molar-refractivity contribution is -0.141. The lowest BCUT2D eigenvalue weighted by Gasteiger charge is -2.37. The molecule has 5 heterocycles. The van der Waals surface area contributed by atoms with E-state index in [1.807, 2.05) is 0 Å². The molecular weight excluding hydrogens is 775 g/mol. The third kappa shape index (κ3) is 7.89. The average molecular weight is 808 g/mol. The van der Waals surface area contributed by atoms with Crippen molar-refractivity contribution in [2.24, 2.45) is 7.05 Å². The van der Waals surface area contributed by atoms with E-state index in [4.69, 9.17) is 11.6 Å². The number of aromatic nitrogens is 7. The van der Waals surface area contributed by atoms with Gasteiger partial charge in [0.15, 0.2) is 11.5 Å². The molecule has 0 fully saturated rings. The maximum Gasteiger partial charge on any atom is 0.435 e. The van der Waals surface area contributed by atoms with Gasteiger partial charge in [0.05, 0.1) is 45.9 Å². The minimum absolute atomic E-state index is 0.0169. The van der Waals surface area contributed by atoms with Crippen LogP contribution in [0.5, 0.6) is 0 Å². The van der Waals surface area contributed by atoms with Gasteiger partial charge in [0, 0.05) is 43.5 Å². The Bertz CT molecular complexity index is 2400. The molecular formula is C36H33ClF7N9O3. The third-order valence-electron chi connectivity index (χ3n) is 9.20. The molecule has 0 saturated heterocycles. The van der Waals surface area contributed by atoms with E-state index in [-0.39, 0.29) is 58.1 Å². The highest BCUT2D eigenvalue weighted by atomic mass is 35.5. The summed E-state index contributed by atoms with van der Waals surface area (Å²) in [5, 5.41) is 10.2. The number of nitrogens with zero attached hydrogens (tertiary/aromatic N) is 8. The van der Waals surface area contributed by atoms with Crippen LogP contribution in [0.25, 0.3) is 22.5 Å². The Hall–Kier alpha value is -5.59. The van der Waals surface area contributed by atoms with Crippen molar-refractivity contribution in [1.29, 1.82) is 0 Å². The van der Waals surface area contributed by atoms with Crippen LogP contribution in [0, 0.1) is 25.5 Å². The molecule has 1 aliphatic heterocycles. The van der Waals surface area contributed by atoms with Gasteiger partial charge in [0.25, 0.3) is 11.5 Å². The van der Waals surface area contributed by atoms with E-state index in [0.29, 0.717) is 27.8 Å². The van der Waals surface area contributed by atoms with Crippen molar-refractivity contribution in [2.75, 3.05) is 6.54 Å². The maximum absolute atomic E-state index is 15.6. The average Bonchev–Trinajstić information content (AvgIpc) is 3.75. The van der Waals surface area contributed by atoms with E-state index >= 15 is 4.39 Å². The van der Waals surface area contributed by atoms with Gasteiger partial charge in [-0.1, -0.05) is 11.6 Å². The Morgan fingerprint density at radius 3 is 2.39 bits per heavy atom. The number of benzene rings is 1. The summed E-state index contributed by atoms with van der Waals surface area (Å²) in [6.07, 6.45) is -2.07. The minimum atomic E-state index is -4.92. The van der Waals surface area contributed by atoms with E-state index in [1.165, 1.54) is 27.0 Å². The second-order valence-corrected chi connectivity index (χ2v) is 14.4. The summed E-state index contributed by atoms with van der Waals surface area (Å²) in [5.74, 6) is -3.51. The third-order valence-corrected chi connectivity index (χ3v) is 9.65.